The van der Waals surface area contributed by atoms with Gasteiger partial charge in [0, 0.05) is 49.7 Å². The van der Waals surface area contributed by atoms with Gasteiger partial charge in [-0.2, -0.15) is 5.10 Å². The summed E-state index contributed by atoms with van der Waals surface area (Å²) < 4.78 is 9.66. The second-order valence-electron chi connectivity index (χ2n) is 9.04. The Balaban J connectivity index is 1.17. The van der Waals surface area contributed by atoms with Crippen LogP contribution in [0, 0.1) is 0 Å². The van der Waals surface area contributed by atoms with Crippen molar-refractivity contribution in [1.82, 2.24) is 33.9 Å². The molecular weight excluding hydrogens is 446 g/mol. The highest BCUT2D eigenvalue weighted by Crippen LogP contribution is 2.25. The summed E-state index contributed by atoms with van der Waals surface area (Å²) in [6.07, 6.45) is 6.21. The molecule has 3 atom stereocenters. The minimum Gasteiger partial charge on any atom is -0.368 e. The summed E-state index contributed by atoms with van der Waals surface area (Å²) in [4.78, 5) is 38.5. The van der Waals surface area contributed by atoms with E-state index in [0.29, 0.717) is 31.7 Å². The van der Waals surface area contributed by atoms with Crippen molar-refractivity contribution in [2.45, 2.75) is 25.2 Å². The molecule has 2 aliphatic heterocycles. The molecule has 2 amide bonds. The largest absolute Gasteiger partial charge is 0.368 e. The molecule has 0 spiro atoms. The maximum atomic E-state index is 13.5. The number of hydrogen-bond donors (Lipinski definition) is 0. The fraction of sp³-hybridized carbons (Fsp3) is 0.320. The average molecular weight is 472 g/mol. The molecule has 10 heteroatoms. The second-order valence-corrected chi connectivity index (χ2v) is 9.04. The van der Waals surface area contributed by atoms with Gasteiger partial charge in [-0.1, -0.05) is 18.2 Å². The molecule has 0 N–H and O–H groups in total. The summed E-state index contributed by atoms with van der Waals surface area (Å²) >= 11 is 0. The lowest BCUT2D eigenvalue weighted by atomic mass is 10.0. The van der Waals surface area contributed by atoms with Gasteiger partial charge >= 0.3 is 0 Å². The Labute approximate surface area is 201 Å². The summed E-state index contributed by atoms with van der Waals surface area (Å²) in [6.45, 7) is 3.69. The summed E-state index contributed by atoms with van der Waals surface area (Å²) in [5.41, 5.74) is 3.13. The number of benzene rings is 1. The molecule has 6 rings (SSSR count). The van der Waals surface area contributed by atoms with Crippen LogP contribution in [-0.4, -0.2) is 84.2 Å². The van der Waals surface area contributed by atoms with Gasteiger partial charge in [-0.3, -0.25) is 9.59 Å². The van der Waals surface area contributed by atoms with E-state index in [1.54, 1.807) is 27.8 Å². The third-order valence-electron chi connectivity index (χ3n) is 6.72. The van der Waals surface area contributed by atoms with E-state index < -0.39 is 0 Å². The fourth-order valence-electron chi connectivity index (χ4n) is 4.99. The second kappa shape index (κ2) is 8.62. The zero-order chi connectivity index (χ0) is 23.9. The molecule has 0 aliphatic carbocycles. The molecule has 10 nitrogen and oxygen atoms in total. The Morgan fingerprint density at radius 1 is 1.03 bits per heavy atom. The third-order valence-corrected chi connectivity index (χ3v) is 6.72. The van der Waals surface area contributed by atoms with Crippen LogP contribution in [0.25, 0.3) is 16.9 Å². The van der Waals surface area contributed by atoms with Gasteiger partial charge in [0.15, 0.2) is 5.65 Å². The van der Waals surface area contributed by atoms with Crippen molar-refractivity contribution in [3.05, 3.63) is 73.1 Å². The van der Waals surface area contributed by atoms with Gasteiger partial charge in [0.05, 0.1) is 24.2 Å². The van der Waals surface area contributed by atoms with Crippen molar-refractivity contribution in [3.8, 4) is 11.3 Å². The van der Waals surface area contributed by atoms with Crippen LogP contribution in [0.5, 0.6) is 0 Å². The highest BCUT2D eigenvalue weighted by molar-refractivity contribution is 5.95. The molecule has 4 aromatic rings. The average Bonchev–Trinajstić information content (AvgIpc) is 3.59. The van der Waals surface area contributed by atoms with Gasteiger partial charge in [0.25, 0.3) is 5.91 Å². The number of morpholine rings is 2. The van der Waals surface area contributed by atoms with E-state index in [4.69, 9.17) is 4.74 Å². The molecule has 0 radical (unpaired) electrons. The van der Waals surface area contributed by atoms with E-state index in [9.17, 15) is 9.59 Å². The van der Waals surface area contributed by atoms with Crippen LogP contribution in [-0.2, 0) is 9.53 Å². The van der Waals surface area contributed by atoms with Crippen molar-refractivity contribution in [1.29, 1.82) is 0 Å². The molecule has 3 unspecified atom stereocenters. The maximum absolute atomic E-state index is 13.5. The molecule has 2 aliphatic rings. The smallest absolute Gasteiger partial charge is 0.254 e. The number of carbonyl (C=O) groups is 2. The summed E-state index contributed by atoms with van der Waals surface area (Å²) in [5, 5.41) is 4.30. The highest BCUT2D eigenvalue weighted by atomic mass is 16.5. The van der Waals surface area contributed by atoms with Crippen LogP contribution in [0.4, 0.5) is 0 Å². The number of carbonyl (C=O) groups excluding carboxylic acids is 2. The number of rotatable bonds is 4. The summed E-state index contributed by atoms with van der Waals surface area (Å²) in [6, 6.07) is 13.0. The number of imidazole rings is 1. The van der Waals surface area contributed by atoms with Gasteiger partial charge in [0.2, 0.25) is 5.91 Å². The minimum absolute atomic E-state index is 0.0380. The first-order chi connectivity index (χ1) is 17.1. The first kappa shape index (κ1) is 21.5. The van der Waals surface area contributed by atoms with Crippen molar-refractivity contribution in [2.75, 3.05) is 26.2 Å². The Bertz CT molecular complexity index is 1370. The number of nitrogens with zero attached hydrogens (tertiary/aromatic N) is 7. The number of fused-ring (bicyclic) bond motifs is 3. The van der Waals surface area contributed by atoms with E-state index in [1.165, 1.54) is 6.33 Å². The van der Waals surface area contributed by atoms with Crippen LogP contribution in [0.15, 0.2) is 67.5 Å². The van der Waals surface area contributed by atoms with Crippen molar-refractivity contribution in [2.24, 2.45) is 0 Å². The minimum atomic E-state index is -0.328. The molecule has 0 saturated carbocycles. The zero-order valence-corrected chi connectivity index (χ0v) is 19.3. The third kappa shape index (κ3) is 3.95. The Morgan fingerprint density at radius 3 is 2.57 bits per heavy atom. The standard InChI is InChI=1S/C25H25N7O3/c1-17(29-9-8-26-16-29)24(33)30-11-20-13-31(14-21(12-30)35-20)25(34)19-5-2-4-18(10-19)22-6-3-7-23-27-15-28-32(22)23/h2-10,15-17,20-21H,11-14H2,1H3. The summed E-state index contributed by atoms with van der Waals surface area (Å²) in [5.74, 6) is -0.00135. The number of amides is 2. The first-order valence-electron chi connectivity index (χ1n) is 11.7. The van der Waals surface area contributed by atoms with E-state index in [0.717, 1.165) is 16.9 Å². The van der Waals surface area contributed by atoms with Crippen molar-refractivity contribution < 1.29 is 14.3 Å². The molecule has 5 heterocycles. The molecule has 178 valence electrons. The van der Waals surface area contributed by atoms with Gasteiger partial charge in [-0.05, 0) is 31.2 Å². The predicted molar refractivity (Wildman–Crippen MR) is 127 cm³/mol. The molecule has 2 bridgehead atoms. The Kier molecular flexibility index (Phi) is 5.29. The van der Waals surface area contributed by atoms with E-state index in [1.807, 2.05) is 59.2 Å². The Hall–Kier alpha value is -4.05. The predicted octanol–water partition coefficient (Wildman–Crippen LogP) is 1.91. The van der Waals surface area contributed by atoms with Crippen LogP contribution < -0.4 is 0 Å². The maximum Gasteiger partial charge on any atom is 0.254 e. The zero-order valence-electron chi connectivity index (χ0n) is 19.3. The van der Waals surface area contributed by atoms with Crippen LogP contribution in [0.3, 0.4) is 0 Å². The number of hydrogen-bond acceptors (Lipinski definition) is 6. The molecule has 2 fully saturated rings. The van der Waals surface area contributed by atoms with Gasteiger partial charge in [-0.15, -0.1) is 0 Å². The van der Waals surface area contributed by atoms with Crippen molar-refractivity contribution >= 4 is 17.5 Å². The van der Waals surface area contributed by atoms with E-state index >= 15 is 0 Å². The molecule has 1 aromatic carbocycles. The molecule has 35 heavy (non-hydrogen) atoms. The van der Waals surface area contributed by atoms with E-state index in [2.05, 4.69) is 15.1 Å². The first-order valence-corrected chi connectivity index (χ1v) is 11.7. The molecular formula is C25H25N7O3. The van der Waals surface area contributed by atoms with Crippen molar-refractivity contribution in [3.63, 3.8) is 0 Å². The number of aromatic nitrogens is 5. The van der Waals surface area contributed by atoms with Gasteiger partial charge in [0.1, 0.15) is 12.4 Å². The highest BCUT2D eigenvalue weighted by Gasteiger charge is 2.39. The lowest BCUT2D eigenvalue weighted by molar-refractivity contribution is -0.159. The normalized spacial score (nSPS) is 20.7. The Morgan fingerprint density at radius 2 is 1.80 bits per heavy atom. The quantitative estimate of drug-likeness (QED) is 0.451. The fourth-order valence-corrected chi connectivity index (χ4v) is 4.99. The van der Waals surface area contributed by atoms with Crippen LogP contribution in [0.2, 0.25) is 0 Å². The van der Waals surface area contributed by atoms with E-state index in [-0.39, 0.29) is 30.1 Å². The summed E-state index contributed by atoms with van der Waals surface area (Å²) in [7, 11) is 0. The lowest BCUT2D eigenvalue weighted by Gasteiger charge is -2.46. The SMILES string of the molecule is CC(C(=O)N1CC2CN(C(=O)c3cccc(-c4cccc5ncnn45)c3)CC(C1)O2)n1ccnc1. The van der Waals surface area contributed by atoms with Gasteiger partial charge < -0.3 is 19.1 Å². The molecule has 2 saturated heterocycles. The van der Waals surface area contributed by atoms with Crippen LogP contribution in [0.1, 0.15) is 23.3 Å². The monoisotopic (exact) mass is 471 g/mol. The van der Waals surface area contributed by atoms with Gasteiger partial charge in [-0.25, -0.2) is 14.5 Å². The van der Waals surface area contributed by atoms with Crippen LogP contribution >= 0.6 is 0 Å². The lowest BCUT2D eigenvalue weighted by Crippen LogP contribution is -2.62. The number of pyridine rings is 1. The molecule has 3 aromatic heterocycles. The number of ether oxygens (including phenoxy) is 1. The topological polar surface area (TPSA) is 97.9 Å².